The lowest BCUT2D eigenvalue weighted by atomic mass is 9.43. The predicted molar refractivity (Wildman–Crippen MR) is 133 cm³/mol. The van der Waals surface area contributed by atoms with Crippen molar-refractivity contribution in [2.75, 3.05) is 27.9 Å². The summed E-state index contributed by atoms with van der Waals surface area (Å²) in [6.07, 6.45) is 7.58. The van der Waals surface area contributed by atoms with Crippen LogP contribution >= 0.6 is 0 Å². The summed E-state index contributed by atoms with van der Waals surface area (Å²) in [7, 11) is 4.71. The van der Waals surface area contributed by atoms with Crippen LogP contribution in [0.15, 0.2) is 30.3 Å². The van der Waals surface area contributed by atoms with E-state index in [0.717, 1.165) is 18.4 Å². The SMILES string of the molecule is COc1cc(C(=O)NCC23C[C@H]4C[C@H](C2)CC(c2ccc(C)c(C)c2)(C4)C3)cc(OC)c1OC. The standard InChI is InChI=1S/C29H37NO4/c1-18-6-7-23(8-19(18)2)29-14-20-9-21(15-29)13-28(12-20,16-29)17-30-27(31)22-10-24(32-3)26(34-5)25(11-22)33-4/h6-8,10-11,20-21H,9,12-17H2,1-5H3,(H,30,31)/t20-,21-,28?,29?/m1/s1. The molecule has 182 valence electrons. The van der Waals surface area contributed by atoms with Gasteiger partial charge in [0.15, 0.2) is 11.5 Å². The molecule has 2 aromatic rings. The minimum absolute atomic E-state index is 0.0878. The van der Waals surface area contributed by atoms with Gasteiger partial charge in [-0.1, -0.05) is 18.2 Å². The predicted octanol–water partition coefficient (Wildman–Crippen LogP) is 5.60. The number of ether oxygens (including phenoxy) is 3. The first kappa shape index (κ1) is 23.1. The topological polar surface area (TPSA) is 56.8 Å². The molecule has 4 saturated carbocycles. The summed E-state index contributed by atoms with van der Waals surface area (Å²) in [5.74, 6) is 2.93. The van der Waals surface area contributed by atoms with E-state index >= 15 is 0 Å². The van der Waals surface area contributed by atoms with E-state index in [9.17, 15) is 4.79 Å². The number of carbonyl (C=O) groups excluding carboxylic acids is 1. The molecular formula is C29H37NO4. The van der Waals surface area contributed by atoms with Crippen molar-refractivity contribution >= 4 is 5.91 Å². The summed E-state index contributed by atoms with van der Waals surface area (Å²) >= 11 is 0. The second-order valence-electron chi connectivity index (χ2n) is 11.1. The fraction of sp³-hybridized carbons (Fsp3) is 0.552. The molecule has 0 heterocycles. The second kappa shape index (κ2) is 8.51. The van der Waals surface area contributed by atoms with Crippen LogP contribution in [0.1, 0.15) is 65.6 Å². The summed E-state index contributed by atoms with van der Waals surface area (Å²) < 4.78 is 16.3. The van der Waals surface area contributed by atoms with Crippen LogP contribution in [-0.4, -0.2) is 33.8 Å². The average Bonchev–Trinajstić information content (AvgIpc) is 2.82. The summed E-state index contributed by atoms with van der Waals surface area (Å²) in [6.45, 7) is 5.15. The summed E-state index contributed by atoms with van der Waals surface area (Å²) in [5.41, 5.74) is 5.24. The van der Waals surface area contributed by atoms with Crippen LogP contribution in [0.4, 0.5) is 0 Å². The van der Waals surface area contributed by atoms with Gasteiger partial charge in [0, 0.05) is 12.1 Å². The minimum Gasteiger partial charge on any atom is -0.493 e. The number of nitrogens with one attached hydrogen (secondary N) is 1. The van der Waals surface area contributed by atoms with Gasteiger partial charge < -0.3 is 19.5 Å². The molecule has 0 spiro atoms. The van der Waals surface area contributed by atoms with E-state index in [4.69, 9.17) is 14.2 Å². The quantitative estimate of drug-likeness (QED) is 0.581. The van der Waals surface area contributed by atoms with E-state index in [1.165, 1.54) is 55.2 Å². The first-order valence-electron chi connectivity index (χ1n) is 12.5. The molecule has 34 heavy (non-hydrogen) atoms. The lowest BCUT2D eigenvalue weighted by Crippen LogP contribution is -2.57. The lowest BCUT2D eigenvalue weighted by molar-refractivity contribution is -0.0697. The van der Waals surface area contributed by atoms with Gasteiger partial charge in [-0.3, -0.25) is 4.79 Å². The van der Waals surface area contributed by atoms with Crippen LogP contribution in [-0.2, 0) is 5.41 Å². The van der Waals surface area contributed by atoms with Gasteiger partial charge >= 0.3 is 0 Å². The Balaban J connectivity index is 1.38. The maximum absolute atomic E-state index is 13.2. The van der Waals surface area contributed by atoms with Gasteiger partial charge in [-0.2, -0.15) is 0 Å². The van der Waals surface area contributed by atoms with E-state index in [1.54, 1.807) is 33.5 Å². The molecule has 0 unspecified atom stereocenters. The van der Waals surface area contributed by atoms with Crippen molar-refractivity contribution in [3.05, 3.63) is 52.6 Å². The fourth-order valence-electron chi connectivity index (χ4n) is 7.65. The number of carbonyl (C=O) groups is 1. The first-order chi connectivity index (χ1) is 16.3. The number of benzene rings is 2. The molecule has 2 aromatic carbocycles. The minimum atomic E-state index is -0.0878. The third-order valence-electron chi connectivity index (χ3n) is 8.85. The largest absolute Gasteiger partial charge is 0.493 e. The van der Waals surface area contributed by atoms with Gasteiger partial charge in [-0.25, -0.2) is 0 Å². The molecule has 4 aliphatic rings. The van der Waals surface area contributed by atoms with Gasteiger partial charge in [-0.15, -0.1) is 0 Å². The maximum Gasteiger partial charge on any atom is 0.251 e. The molecule has 6 rings (SSSR count). The van der Waals surface area contributed by atoms with Crippen molar-refractivity contribution < 1.29 is 19.0 Å². The van der Waals surface area contributed by atoms with Crippen molar-refractivity contribution in [2.24, 2.45) is 17.3 Å². The highest BCUT2D eigenvalue weighted by Crippen LogP contribution is 2.65. The molecule has 4 bridgehead atoms. The van der Waals surface area contributed by atoms with Crippen LogP contribution in [0, 0.1) is 31.1 Å². The fourth-order valence-corrected chi connectivity index (χ4v) is 7.65. The Morgan fingerprint density at radius 2 is 1.56 bits per heavy atom. The molecule has 1 amide bonds. The normalized spacial score (nSPS) is 29.1. The van der Waals surface area contributed by atoms with Gasteiger partial charge in [0.1, 0.15) is 0 Å². The Kier molecular flexibility index (Phi) is 5.78. The van der Waals surface area contributed by atoms with Crippen LogP contribution in [0.3, 0.4) is 0 Å². The molecule has 0 saturated heterocycles. The zero-order valence-electron chi connectivity index (χ0n) is 21.1. The number of methoxy groups -OCH3 is 3. The third-order valence-corrected chi connectivity index (χ3v) is 8.85. The average molecular weight is 464 g/mol. The highest BCUT2D eigenvalue weighted by atomic mass is 16.5. The Morgan fingerprint density at radius 1 is 0.912 bits per heavy atom. The molecule has 0 aromatic heterocycles. The Morgan fingerprint density at radius 3 is 2.12 bits per heavy atom. The van der Waals surface area contributed by atoms with E-state index < -0.39 is 0 Å². The third kappa shape index (κ3) is 3.83. The molecule has 5 nitrogen and oxygen atoms in total. The number of hydrogen-bond donors (Lipinski definition) is 1. The molecular weight excluding hydrogens is 426 g/mol. The van der Waals surface area contributed by atoms with E-state index in [1.807, 2.05) is 0 Å². The van der Waals surface area contributed by atoms with Crippen molar-refractivity contribution in [1.82, 2.24) is 5.32 Å². The van der Waals surface area contributed by atoms with Crippen molar-refractivity contribution in [3.8, 4) is 17.2 Å². The van der Waals surface area contributed by atoms with Gasteiger partial charge in [-0.05, 0) is 104 Å². The summed E-state index contributed by atoms with van der Waals surface area (Å²) in [5, 5.41) is 3.29. The maximum atomic E-state index is 13.2. The van der Waals surface area contributed by atoms with Crippen molar-refractivity contribution in [1.29, 1.82) is 0 Å². The number of amides is 1. The van der Waals surface area contributed by atoms with Crippen molar-refractivity contribution in [2.45, 2.75) is 57.8 Å². The van der Waals surface area contributed by atoms with E-state index in [0.29, 0.717) is 22.8 Å². The number of aryl methyl sites for hydroxylation is 2. The zero-order valence-corrected chi connectivity index (χ0v) is 21.1. The monoisotopic (exact) mass is 463 g/mol. The molecule has 4 fully saturated rings. The van der Waals surface area contributed by atoms with Crippen LogP contribution in [0.25, 0.3) is 0 Å². The van der Waals surface area contributed by atoms with Crippen molar-refractivity contribution in [3.63, 3.8) is 0 Å². The van der Waals surface area contributed by atoms with Crippen LogP contribution in [0.5, 0.6) is 17.2 Å². The van der Waals surface area contributed by atoms with Gasteiger partial charge in [0.25, 0.3) is 5.91 Å². The van der Waals surface area contributed by atoms with Crippen LogP contribution < -0.4 is 19.5 Å². The molecule has 5 heteroatoms. The highest BCUT2D eigenvalue weighted by molar-refractivity contribution is 5.95. The molecule has 1 N–H and O–H groups in total. The Hall–Kier alpha value is -2.69. The molecule has 0 aliphatic heterocycles. The number of rotatable bonds is 7. The molecule has 0 radical (unpaired) electrons. The van der Waals surface area contributed by atoms with Gasteiger partial charge in [0.05, 0.1) is 21.3 Å². The summed E-state index contributed by atoms with van der Waals surface area (Å²) in [4.78, 5) is 13.2. The summed E-state index contributed by atoms with van der Waals surface area (Å²) in [6, 6.07) is 10.6. The Labute approximate surface area is 203 Å². The highest BCUT2D eigenvalue weighted by Gasteiger charge is 2.58. The van der Waals surface area contributed by atoms with E-state index in [2.05, 4.69) is 37.4 Å². The molecule has 4 aliphatic carbocycles. The van der Waals surface area contributed by atoms with Gasteiger partial charge in [0.2, 0.25) is 5.75 Å². The lowest BCUT2D eigenvalue weighted by Gasteiger charge is -2.62. The Bertz CT molecular complexity index is 1070. The van der Waals surface area contributed by atoms with Crippen LogP contribution in [0.2, 0.25) is 0 Å². The smallest absolute Gasteiger partial charge is 0.251 e. The zero-order chi connectivity index (χ0) is 24.1. The molecule has 2 atom stereocenters. The number of hydrogen-bond acceptors (Lipinski definition) is 4. The first-order valence-corrected chi connectivity index (χ1v) is 12.5. The van der Waals surface area contributed by atoms with E-state index in [-0.39, 0.29) is 16.7 Å². The second-order valence-corrected chi connectivity index (χ2v) is 11.1.